The summed E-state index contributed by atoms with van der Waals surface area (Å²) >= 11 is 0. The minimum absolute atomic E-state index is 0.118. The zero-order valence-corrected chi connectivity index (χ0v) is 13.4. The van der Waals surface area contributed by atoms with Crippen LogP contribution in [-0.2, 0) is 11.2 Å². The summed E-state index contributed by atoms with van der Waals surface area (Å²) in [5, 5.41) is 6.36. The van der Waals surface area contributed by atoms with Crippen LogP contribution in [0.3, 0.4) is 0 Å². The second-order valence-electron chi connectivity index (χ2n) is 5.97. The lowest BCUT2D eigenvalue weighted by atomic mass is 9.96. The van der Waals surface area contributed by atoms with Gasteiger partial charge in [0.25, 0.3) is 0 Å². The summed E-state index contributed by atoms with van der Waals surface area (Å²) in [6.45, 7) is 5.14. The molecule has 0 atom stereocenters. The van der Waals surface area contributed by atoms with Crippen molar-refractivity contribution >= 4 is 5.91 Å². The first-order chi connectivity index (χ1) is 11.0. The molecule has 8 nitrogen and oxygen atoms in total. The van der Waals surface area contributed by atoms with E-state index in [0.717, 1.165) is 24.3 Å². The summed E-state index contributed by atoms with van der Waals surface area (Å²) in [7, 11) is 0. The summed E-state index contributed by atoms with van der Waals surface area (Å²) in [4.78, 5) is 32.2. The van der Waals surface area contributed by atoms with Crippen LogP contribution in [0.2, 0.25) is 0 Å². The molecule has 0 saturated carbocycles. The Labute approximate surface area is 133 Å². The van der Waals surface area contributed by atoms with Crippen LogP contribution in [0, 0.1) is 13.8 Å². The number of oxazole rings is 1. The molecule has 1 fully saturated rings. The summed E-state index contributed by atoms with van der Waals surface area (Å²) < 4.78 is 5.50. The highest BCUT2D eigenvalue weighted by atomic mass is 16.4. The maximum Gasteiger partial charge on any atom is 0.340 e. The predicted molar refractivity (Wildman–Crippen MR) is 82.1 cm³/mol. The third-order valence-electron chi connectivity index (χ3n) is 4.38. The van der Waals surface area contributed by atoms with Gasteiger partial charge in [0.1, 0.15) is 11.6 Å². The molecule has 3 rings (SSSR count). The Bertz CT molecular complexity index is 717. The van der Waals surface area contributed by atoms with E-state index in [1.54, 1.807) is 0 Å². The zero-order valence-electron chi connectivity index (χ0n) is 13.4. The number of hydrogen-bond acceptors (Lipinski definition) is 5. The van der Waals surface area contributed by atoms with E-state index in [1.807, 2.05) is 18.7 Å². The Hall–Kier alpha value is -2.38. The number of likely N-dealkylation sites (tertiary alicyclic amines) is 1. The van der Waals surface area contributed by atoms with Gasteiger partial charge in [0, 0.05) is 31.8 Å². The number of hydrogen-bond donors (Lipinski definition) is 2. The third-order valence-corrected chi connectivity index (χ3v) is 4.38. The molecule has 2 aromatic rings. The summed E-state index contributed by atoms with van der Waals surface area (Å²) in [6.07, 6.45) is 2.55. The molecule has 8 heteroatoms. The van der Waals surface area contributed by atoms with E-state index in [0.29, 0.717) is 37.6 Å². The second kappa shape index (κ2) is 6.39. The number of piperidine rings is 1. The fraction of sp³-hybridized carbons (Fsp3) is 0.600. The van der Waals surface area contributed by atoms with Gasteiger partial charge in [0.05, 0.1) is 5.69 Å². The van der Waals surface area contributed by atoms with Crippen LogP contribution < -0.4 is 5.69 Å². The molecule has 2 N–H and O–H groups in total. The smallest absolute Gasteiger partial charge is 0.340 e. The summed E-state index contributed by atoms with van der Waals surface area (Å²) in [5.41, 5.74) is 0.594. The molecule has 0 spiro atoms. The average molecular weight is 319 g/mol. The second-order valence-corrected chi connectivity index (χ2v) is 5.97. The molecular formula is C15H21N5O3. The standard InChI is InChI=1S/C15H21N5O3/c1-9-10(2)23-12(16-9)3-4-13(21)20-7-5-11(6-8-20)14-17-15(22)19-18-14/h11H,3-8H2,1-2H3,(H2,17,18,19,22). The van der Waals surface area contributed by atoms with Crippen LogP contribution >= 0.6 is 0 Å². The molecule has 0 radical (unpaired) electrons. The van der Waals surface area contributed by atoms with Gasteiger partial charge in [-0.05, 0) is 26.7 Å². The summed E-state index contributed by atoms with van der Waals surface area (Å²) in [5.74, 6) is 2.44. The molecule has 1 aliphatic heterocycles. The van der Waals surface area contributed by atoms with Crippen molar-refractivity contribution in [1.82, 2.24) is 25.1 Å². The van der Waals surface area contributed by atoms with Gasteiger partial charge in [-0.1, -0.05) is 0 Å². The number of nitrogens with one attached hydrogen (secondary N) is 2. The van der Waals surface area contributed by atoms with Crippen molar-refractivity contribution in [3.05, 3.63) is 33.7 Å². The Morgan fingerprint density at radius 2 is 2.09 bits per heavy atom. The average Bonchev–Trinajstić information content (AvgIpc) is 3.11. The highest BCUT2D eigenvalue weighted by Gasteiger charge is 2.25. The minimum atomic E-state index is -0.282. The first-order valence-corrected chi connectivity index (χ1v) is 7.88. The van der Waals surface area contributed by atoms with E-state index in [1.165, 1.54) is 0 Å². The highest BCUT2D eigenvalue weighted by molar-refractivity contribution is 5.76. The van der Waals surface area contributed by atoms with Crippen LogP contribution in [0.4, 0.5) is 0 Å². The van der Waals surface area contributed by atoms with Crippen molar-refractivity contribution in [3.63, 3.8) is 0 Å². The first kappa shape index (κ1) is 15.5. The van der Waals surface area contributed by atoms with Crippen molar-refractivity contribution in [2.24, 2.45) is 0 Å². The van der Waals surface area contributed by atoms with Gasteiger partial charge in [-0.2, -0.15) is 5.10 Å². The number of aromatic amines is 2. The number of carbonyl (C=O) groups is 1. The number of aromatic nitrogens is 4. The van der Waals surface area contributed by atoms with Gasteiger partial charge < -0.3 is 9.32 Å². The maximum absolute atomic E-state index is 12.3. The SMILES string of the molecule is Cc1nc(CCC(=O)N2CCC(c3n[nH]c(=O)[nH]3)CC2)oc1C. The summed E-state index contributed by atoms with van der Waals surface area (Å²) in [6, 6.07) is 0. The van der Waals surface area contributed by atoms with E-state index in [2.05, 4.69) is 20.2 Å². The van der Waals surface area contributed by atoms with Crippen molar-refractivity contribution in [2.75, 3.05) is 13.1 Å². The molecule has 23 heavy (non-hydrogen) atoms. The van der Waals surface area contributed by atoms with E-state index < -0.39 is 0 Å². The molecule has 2 aromatic heterocycles. The molecule has 0 aliphatic carbocycles. The lowest BCUT2D eigenvalue weighted by molar-refractivity contribution is -0.132. The maximum atomic E-state index is 12.3. The lowest BCUT2D eigenvalue weighted by Gasteiger charge is -2.30. The minimum Gasteiger partial charge on any atom is -0.446 e. The number of rotatable bonds is 4. The van der Waals surface area contributed by atoms with E-state index >= 15 is 0 Å². The Kier molecular flexibility index (Phi) is 4.31. The van der Waals surface area contributed by atoms with Crippen LogP contribution in [-0.4, -0.2) is 44.1 Å². The topological polar surface area (TPSA) is 108 Å². The molecule has 1 amide bonds. The number of amides is 1. The molecule has 0 unspecified atom stereocenters. The van der Waals surface area contributed by atoms with Gasteiger partial charge in [0.15, 0.2) is 5.89 Å². The van der Waals surface area contributed by atoms with Gasteiger partial charge in [-0.25, -0.2) is 14.9 Å². The molecular weight excluding hydrogens is 298 g/mol. The lowest BCUT2D eigenvalue weighted by Crippen LogP contribution is -2.38. The van der Waals surface area contributed by atoms with Crippen molar-refractivity contribution in [3.8, 4) is 0 Å². The molecule has 1 saturated heterocycles. The number of nitrogens with zero attached hydrogens (tertiary/aromatic N) is 3. The Morgan fingerprint density at radius 1 is 1.35 bits per heavy atom. The normalized spacial score (nSPS) is 16.0. The molecule has 0 bridgehead atoms. The fourth-order valence-electron chi connectivity index (χ4n) is 2.90. The molecule has 0 aromatic carbocycles. The van der Waals surface area contributed by atoms with Crippen molar-refractivity contribution < 1.29 is 9.21 Å². The quantitative estimate of drug-likeness (QED) is 0.875. The van der Waals surface area contributed by atoms with Gasteiger partial charge >= 0.3 is 5.69 Å². The van der Waals surface area contributed by atoms with Gasteiger partial charge in [-0.3, -0.25) is 9.78 Å². The van der Waals surface area contributed by atoms with Gasteiger partial charge in [-0.15, -0.1) is 0 Å². The highest BCUT2D eigenvalue weighted by Crippen LogP contribution is 2.25. The Balaban J connectivity index is 1.49. The van der Waals surface area contributed by atoms with Crippen LogP contribution in [0.15, 0.2) is 9.21 Å². The van der Waals surface area contributed by atoms with Crippen LogP contribution in [0.1, 0.15) is 48.3 Å². The van der Waals surface area contributed by atoms with Gasteiger partial charge in [0.2, 0.25) is 5.91 Å². The van der Waals surface area contributed by atoms with Crippen LogP contribution in [0.5, 0.6) is 0 Å². The monoisotopic (exact) mass is 319 g/mol. The number of H-pyrrole nitrogens is 2. The number of aryl methyl sites for hydroxylation is 3. The van der Waals surface area contributed by atoms with Crippen molar-refractivity contribution in [1.29, 1.82) is 0 Å². The largest absolute Gasteiger partial charge is 0.446 e. The third kappa shape index (κ3) is 3.52. The Morgan fingerprint density at radius 3 is 2.65 bits per heavy atom. The van der Waals surface area contributed by atoms with Crippen molar-refractivity contribution in [2.45, 2.75) is 45.4 Å². The first-order valence-electron chi connectivity index (χ1n) is 7.88. The fourth-order valence-corrected chi connectivity index (χ4v) is 2.90. The molecule has 3 heterocycles. The number of carbonyl (C=O) groups excluding carboxylic acids is 1. The molecule has 124 valence electrons. The van der Waals surface area contributed by atoms with E-state index in [-0.39, 0.29) is 17.5 Å². The van der Waals surface area contributed by atoms with E-state index in [9.17, 15) is 9.59 Å². The van der Waals surface area contributed by atoms with Crippen LogP contribution in [0.25, 0.3) is 0 Å². The zero-order chi connectivity index (χ0) is 16.4. The molecule has 1 aliphatic rings. The predicted octanol–water partition coefficient (Wildman–Crippen LogP) is 1.04. The van der Waals surface area contributed by atoms with E-state index in [4.69, 9.17) is 4.42 Å².